The maximum Gasteiger partial charge on any atom is 0.260 e. The second-order valence-electron chi connectivity index (χ2n) is 6.52. The molecule has 2 aliphatic rings. The van der Waals surface area contributed by atoms with Crippen LogP contribution in [0, 0.1) is 22.7 Å². The molecule has 22 heavy (non-hydrogen) atoms. The van der Waals surface area contributed by atoms with Crippen LogP contribution in [0.4, 0.5) is 5.69 Å². The fraction of sp³-hybridized carbons (Fsp3) is 0.562. The number of ether oxygens (including phenoxy) is 1. The zero-order valence-corrected chi connectivity index (χ0v) is 13.4. The summed E-state index contributed by atoms with van der Waals surface area (Å²) in [6, 6.07) is 8.40. The minimum absolute atomic E-state index is 0.217. The average Bonchev–Trinajstić information content (AvgIpc) is 2.47. The van der Waals surface area contributed by atoms with E-state index in [-0.39, 0.29) is 5.41 Å². The Labute approximate surface area is 131 Å². The summed E-state index contributed by atoms with van der Waals surface area (Å²) >= 11 is 0. The maximum atomic E-state index is 12.6. The van der Waals surface area contributed by atoms with Crippen molar-refractivity contribution in [3.05, 3.63) is 29.8 Å². The Kier molecular flexibility index (Phi) is 3.87. The molecule has 1 spiro atoms. The van der Waals surface area contributed by atoms with Crippen molar-refractivity contribution in [2.24, 2.45) is 11.3 Å². The van der Waals surface area contributed by atoms with E-state index in [9.17, 15) is 8.42 Å². The van der Waals surface area contributed by atoms with Gasteiger partial charge in [0.15, 0.2) is 5.44 Å². The number of nitrogens with zero attached hydrogens (tertiary/aromatic N) is 1. The number of nitriles is 1. The molecule has 1 aromatic carbocycles. The van der Waals surface area contributed by atoms with E-state index in [1.807, 2.05) is 6.07 Å². The van der Waals surface area contributed by atoms with Crippen molar-refractivity contribution in [3.8, 4) is 6.07 Å². The van der Waals surface area contributed by atoms with E-state index < -0.39 is 15.5 Å². The predicted octanol–water partition coefficient (Wildman–Crippen LogP) is 2.85. The van der Waals surface area contributed by atoms with Crippen LogP contribution >= 0.6 is 0 Å². The first-order valence-electron chi connectivity index (χ1n) is 7.59. The standard InChI is InChI=1S/C16H20N2O3S/c1-12-6-8-16(9-7-12)11-21-15(16)22(19,20)18-14-4-2-13(10-17)3-5-14/h2-5,12,15,18H,6-9,11H2,1H3. The number of rotatable bonds is 3. The van der Waals surface area contributed by atoms with Crippen molar-refractivity contribution in [1.29, 1.82) is 5.26 Å². The second kappa shape index (κ2) is 5.56. The van der Waals surface area contributed by atoms with Gasteiger partial charge in [-0.15, -0.1) is 0 Å². The molecule has 118 valence electrons. The van der Waals surface area contributed by atoms with Gasteiger partial charge in [0.1, 0.15) is 0 Å². The fourth-order valence-corrected chi connectivity index (χ4v) is 5.13. The summed E-state index contributed by atoms with van der Waals surface area (Å²) in [5, 5.41) is 8.78. The molecule has 1 saturated heterocycles. The topological polar surface area (TPSA) is 79.2 Å². The second-order valence-corrected chi connectivity index (χ2v) is 8.25. The maximum absolute atomic E-state index is 12.6. The SMILES string of the molecule is CC1CCC2(CC1)COC2S(=O)(=O)Nc1ccc(C#N)cc1. The summed E-state index contributed by atoms with van der Waals surface area (Å²) in [6.45, 7) is 2.75. The number of nitrogens with one attached hydrogen (secondary N) is 1. The highest BCUT2D eigenvalue weighted by molar-refractivity contribution is 7.93. The van der Waals surface area contributed by atoms with Crippen LogP contribution < -0.4 is 4.72 Å². The van der Waals surface area contributed by atoms with Gasteiger partial charge in [0.25, 0.3) is 10.0 Å². The van der Waals surface area contributed by atoms with E-state index in [1.54, 1.807) is 24.3 Å². The van der Waals surface area contributed by atoms with Crippen LogP contribution in [0.15, 0.2) is 24.3 Å². The van der Waals surface area contributed by atoms with E-state index in [0.717, 1.165) is 25.7 Å². The van der Waals surface area contributed by atoms with Gasteiger partial charge in [0.2, 0.25) is 0 Å². The molecule has 0 radical (unpaired) electrons. The van der Waals surface area contributed by atoms with Crippen LogP contribution in [0.25, 0.3) is 0 Å². The first kappa shape index (κ1) is 15.3. The van der Waals surface area contributed by atoms with Crippen LogP contribution in [-0.4, -0.2) is 20.5 Å². The Balaban J connectivity index is 1.74. The van der Waals surface area contributed by atoms with Crippen molar-refractivity contribution in [3.63, 3.8) is 0 Å². The highest BCUT2D eigenvalue weighted by Crippen LogP contribution is 2.50. The van der Waals surface area contributed by atoms with E-state index in [4.69, 9.17) is 10.00 Å². The van der Waals surface area contributed by atoms with E-state index in [2.05, 4.69) is 11.6 Å². The molecule has 3 rings (SSSR count). The van der Waals surface area contributed by atoms with E-state index in [1.165, 1.54) is 0 Å². The lowest BCUT2D eigenvalue weighted by Crippen LogP contribution is -2.58. The van der Waals surface area contributed by atoms with Gasteiger partial charge < -0.3 is 4.74 Å². The molecular weight excluding hydrogens is 300 g/mol. The van der Waals surface area contributed by atoms with Crippen LogP contribution in [0.2, 0.25) is 0 Å². The minimum Gasteiger partial charge on any atom is -0.359 e. The first-order valence-corrected chi connectivity index (χ1v) is 9.13. The molecule has 1 aliphatic carbocycles. The smallest absolute Gasteiger partial charge is 0.260 e. The third kappa shape index (κ3) is 2.71. The lowest BCUT2D eigenvalue weighted by Gasteiger charge is -2.51. The molecule has 1 unspecified atom stereocenters. The fourth-order valence-electron chi connectivity index (χ4n) is 3.35. The van der Waals surface area contributed by atoms with Gasteiger partial charge in [-0.2, -0.15) is 5.26 Å². The molecule has 5 nitrogen and oxygen atoms in total. The Morgan fingerprint density at radius 3 is 2.41 bits per heavy atom. The largest absolute Gasteiger partial charge is 0.359 e. The van der Waals surface area contributed by atoms with Crippen LogP contribution in [0.1, 0.15) is 38.2 Å². The zero-order valence-electron chi connectivity index (χ0n) is 12.6. The number of anilines is 1. The van der Waals surface area contributed by atoms with E-state index >= 15 is 0 Å². The quantitative estimate of drug-likeness (QED) is 0.928. The van der Waals surface area contributed by atoms with Crippen molar-refractivity contribution in [2.45, 2.75) is 38.0 Å². The van der Waals surface area contributed by atoms with Crippen molar-refractivity contribution < 1.29 is 13.2 Å². The molecule has 1 heterocycles. The molecule has 1 saturated carbocycles. The molecular formula is C16H20N2O3S. The van der Waals surface area contributed by atoms with Crippen LogP contribution in [0.3, 0.4) is 0 Å². The Bertz CT molecular complexity index is 683. The molecule has 0 amide bonds. The predicted molar refractivity (Wildman–Crippen MR) is 83.5 cm³/mol. The van der Waals surface area contributed by atoms with Crippen LogP contribution in [-0.2, 0) is 14.8 Å². The summed E-state index contributed by atoms with van der Waals surface area (Å²) < 4.78 is 33.2. The lowest BCUT2D eigenvalue weighted by molar-refractivity contribution is -0.162. The molecule has 6 heteroatoms. The van der Waals surface area contributed by atoms with Gasteiger partial charge in [0, 0.05) is 11.1 Å². The Morgan fingerprint density at radius 2 is 1.91 bits per heavy atom. The average molecular weight is 320 g/mol. The zero-order chi connectivity index (χ0) is 15.8. The molecule has 0 bridgehead atoms. The molecule has 1 atom stereocenters. The Morgan fingerprint density at radius 1 is 1.27 bits per heavy atom. The number of hydrogen-bond donors (Lipinski definition) is 1. The lowest BCUT2D eigenvalue weighted by atomic mass is 9.69. The number of sulfonamides is 1. The number of benzene rings is 1. The number of hydrogen-bond acceptors (Lipinski definition) is 4. The molecule has 2 fully saturated rings. The van der Waals surface area contributed by atoms with Gasteiger partial charge >= 0.3 is 0 Å². The summed E-state index contributed by atoms with van der Waals surface area (Å²) in [4.78, 5) is 0. The summed E-state index contributed by atoms with van der Waals surface area (Å²) in [5.74, 6) is 0.668. The van der Waals surface area contributed by atoms with Gasteiger partial charge in [-0.05, 0) is 55.9 Å². The highest BCUT2D eigenvalue weighted by Gasteiger charge is 2.55. The van der Waals surface area contributed by atoms with Crippen molar-refractivity contribution in [2.75, 3.05) is 11.3 Å². The summed E-state index contributed by atoms with van der Waals surface area (Å²) in [6.07, 6.45) is 3.94. The first-order chi connectivity index (χ1) is 10.5. The summed E-state index contributed by atoms with van der Waals surface area (Å²) in [7, 11) is -3.58. The minimum atomic E-state index is -3.58. The van der Waals surface area contributed by atoms with Crippen LogP contribution in [0.5, 0.6) is 0 Å². The molecule has 0 aromatic heterocycles. The molecule has 1 aromatic rings. The van der Waals surface area contributed by atoms with Gasteiger partial charge in [0.05, 0.1) is 18.2 Å². The third-order valence-electron chi connectivity index (χ3n) is 4.85. The van der Waals surface area contributed by atoms with E-state index in [0.29, 0.717) is 23.8 Å². The highest BCUT2D eigenvalue weighted by atomic mass is 32.2. The molecule has 1 N–H and O–H groups in total. The Hall–Kier alpha value is -1.58. The summed E-state index contributed by atoms with van der Waals surface area (Å²) in [5.41, 5.74) is -0.0113. The third-order valence-corrected chi connectivity index (χ3v) is 6.57. The van der Waals surface area contributed by atoms with Gasteiger partial charge in [-0.25, -0.2) is 8.42 Å². The monoisotopic (exact) mass is 320 g/mol. The van der Waals surface area contributed by atoms with Crippen molar-refractivity contribution >= 4 is 15.7 Å². The normalized spacial score (nSPS) is 31.3. The van der Waals surface area contributed by atoms with Crippen molar-refractivity contribution in [1.82, 2.24) is 0 Å². The van der Waals surface area contributed by atoms with Gasteiger partial charge in [-0.3, -0.25) is 4.72 Å². The molecule has 1 aliphatic heterocycles. The van der Waals surface area contributed by atoms with Gasteiger partial charge in [-0.1, -0.05) is 6.92 Å².